The van der Waals surface area contributed by atoms with Crippen molar-refractivity contribution in [2.75, 3.05) is 0 Å². The first-order valence-corrected chi connectivity index (χ1v) is 13.5. The second kappa shape index (κ2) is 9.05. The second-order valence-corrected chi connectivity index (χ2v) is 15.7. The zero-order chi connectivity index (χ0) is 21.0. The van der Waals surface area contributed by atoms with Crippen molar-refractivity contribution in [2.24, 2.45) is 5.92 Å². The number of aromatic nitrogens is 1. The number of carbonyl (C=O) groups excluding carboxylic acids is 1. The van der Waals surface area contributed by atoms with Crippen molar-refractivity contribution in [1.82, 2.24) is 10.3 Å². The summed E-state index contributed by atoms with van der Waals surface area (Å²) in [5, 5.41) is 6.00. The van der Waals surface area contributed by atoms with Crippen molar-refractivity contribution >= 4 is 25.7 Å². The largest absolute Gasteiger partial charge is 0.444 e. The molecule has 1 heterocycles. The Hall–Kier alpha value is -0.923. The molecule has 7 heteroatoms. The molecule has 1 amide bonds. The van der Waals surface area contributed by atoms with Crippen LogP contribution in [-0.2, 0) is 9.16 Å². The summed E-state index contributed by atoms with van der Waals surface area (Å²) in [6.07, 6.45) is 1.90. The standard InChI is InChI=1S/C20H38N2O3SSi/c1-14(2)13-15(22-18(23)24-19(3,4)5)16(17-21-11-12-26-17)25-27(9,10)20(6,7)8/h11-12,14-16H,13H2,1-10H3,(H,22,23)/t15-,16-/m0/s1. The van der Waals surface area contributed by atoms with Gasteiger partial charge in [0.15, 0.2) is 8.32 Å². The van der Waals surface area contributed by atoms with E-state index in [1.807, 2.05) is 26.2 Å². The number of alkyl carbamates (subject to hydrolysis) is 1. The molecule has 2 atom stereocenters. The van der Waals surface area contributed by atoms with Crippen LogP contribution in [0.5, 0.6) is 0 Å². The van der Waals surface area contributed by atoms with E-state index < -0.39 is 20.0 Å². The molecule has 0 aliphatic rings. The van der Waals surface area contributed by atoms with Crippen molar-refractivity contribution in [3.05, 3.63) is 16.6 Å². The molecule has 156 valence electrons. The van der Waals surface area contributed by atoms with Crippen LogP contribution in [0.2, 0.25) is 18.1 Å². The lowest BCUT2D eigenvalue weighted by molar-refractivity contribution is 0.0415. The van der Waals surface area contributed by atoms with Crippen molar-refractivity contribution in [2.45, 2.75) is 97.7 Å². The molecule has 1 N–H and O–H groups in total. The molecule has 1 aromatic rings. The molecule has 0 unspecified atom stereocenters. The summed E-state index contributed by atoms with van der Waals surface area (Å²) in [5.41, 5.74) is -0.538. The maximum atomic E-state index is 12.5. The van der Waals surface area contributed by atoms with E-state index in [9.17, 15) is 4.79 Å². The van der Waals surface area contributed by atoms with Crippen LogP contribution >= 0.6 is 11.3 Å². The predicted octanol–water partition coefficient (Wildman–Crippen LogP) is 6.15. The number of hydrogen-bond donors (Lipinski definition) is 1. The molecule has 5 nitrogen and oxygen atoms in total. The van der Waals surface area contributed by atoms with Crippen LogP contribution in [0.4, 0.5) is 4.79 Å². The molecule has 0 aliphatic carbocycles. The maximum Gasteiger partial charge on any atom is 0.407 e. The minimum absolute atomic E-state index is 0.0663. The Morgan fingerprint density at radius 3 is 2.22 bits per heavy atom. The summed E-state index contributed by atoms with van der Waals surface area (Å²) >= 11 is 1.57. The highest BCUT2D eigenvalue weighted by atomic mass is 32.1. The van der Waals surface area contributed by atoms with Crippen LogP contribution in [0.25, 0.3) is 0 Å². The molecule has 0 fully saturated rings. The van der Waals surface area contributed by atoms with E-state index in [-0.39, 0.29) is 17.2 Å². The fourth-order valence-corrected chi connectivity index (χ4v) is 4.48. The Morgan fingerprint density at radius 2 is 1.81 bits per heavy atom. The summed E-state index contributed by atoms with van der Waals surface area (Å²) < 4.78 is 12.3. The third-order valence-electron chi connectivity index (χ3n) is 4.72. The lowest BCUT2D eigenvalue weighted by atomic mass is 9.99. The van der Waals surface area contributed by atoms with Crippen LogP contribution in [0.15, 0.2) is 11.6 Å². The zero-order valence-electron chi connectivity index (χ0n) is 18.7. The van der Waals surface area contributed by atoms with Gasteiger partial charge >= 0.3 is 6.09 Å². The predicted molar refractivity (Wildman–Crippen MR) is 116 cm³/mol. The lowest BCUT2D eigenvalue weighted by Gasteiger charge is -2.41. The van der Waals surface area contributed by atoms with Gasteiger partial charge in [-0.05, 0) is 51.2 Å². The number of hydrogen-bond acceptors (Lipinski definition) is 5. The number of thiazole rings is 1. The summed E-state index contributed by atoms with van der Waals surface area (Å²) in [4.78, 5) is 17.0. The maximum absolute atomic E-state index is 12.5. The third-order valence-corrected chi connectivity index (χ3v) is 10.0. The Balaban J connectivity index is 3.17. The Morgan fingerprint density at radius 1 is 1.22 bits per heavy atom. The van der Waals surface area contributed by atoms with Gasteiger partial charge in [0, 0.05) is 11.6 Å². The molecule has 0 aliphatic heterocycles. The molecule has 0 bridgehead atoms. The van der Waals surface area contributed by atoms with Crippen LogP contribution in [0, 0.1) is 5.92 Å². The van der Waals surface area contributed by atoms with Crippen LogP contribution in [-0.4, -0.2) is 31.0 Å². The van der Waals surface area contributed by atoms with Gasteiger partial charge in [-0.15, -0.1) is 11.3 Å². The highest BCUT2D eigenvalue weighted by Crippen LogP contribution is 2.41. The molecular weight excluding hydrogens is 376 g/mol. The first-order chi connectivity index (χ1) is 12.1. The average molecular weight is 415 g/mol. The number of amides is 1. The van der Waals surface area contributed by atoms with Gasteiger partial charge in [0.1, 0.15) is 16.7 Å². The lowest BCUT2D eigenvalue weighted by Crippen LogP contribution is -2.49. The van der Waals surface area contributed by atoms with Crippen LogP contribution < -0.4 is 5.32 Å². The SMILES string of the molecule is CC(C)C[C@H](NC(=O)OC(C)(C)C)[C@H](O[Si](C)(C)C(C)(C)C)c1nccs1. The van der Waals surface area contributed by atoms with Gasteiger partial charge in [0.05, 0.1) is 6.04 Å². The van der Waals surface area contributed by atoms with E-state index in [0.29, 0.717) is 5.92 Å². The summed E-state index contributed by atoms with van der Waals surface area (Å²) in [7, 11) is -2.06. The van der Waals surface area contributed by atoms with Gasteiger partial charge in [0.2, 0.25) is 0 Å². The first-order valence-electron chi connectivity index (χ1n) is 9.69. The van der Waals surface area contributed by atoms with Crippen molar-refractivity contribution in [1.29, 1.82) is 0 Å². The van der Waals surface area contributed by atoms with Gasteiger partial charge in [-0.25, -0.2) is 9.78 Å². The summed E-state index contributed by atoms with van der Waals surface area (Å²) in [6, 6.07) is -0.194. The quantitative estimate of drug-likeness (QED) is 0.544. The van der Waals surface area contributed by atoms with Crippen molar-refractivity contribution in [3.8, 4) is 0 Å². The van der Waals surface area contributed by atoms with E-state index in [1.165, 1.54) is 0 Å². The van der Waals surface area contributed by atoms with Gasteiger partial charge in [0.25, 0.3) is 0 Å². The molecule has 1 rings (SSSR count). The van der Waals surface area contributed by atoms with Gasteiger partial charge in [-0.1, -0.05) is 34.6 Å². The molecule has 1 aromatic heterocycles. The fourth-order valence-electron chi connectivity index (χ4n) is 2.40. The molecule has 0 saturated heterocycles. The Bertz CT molecular complexity index is 589. The highest BCUT2D eigenvalue weighted by Gasteiger charge is 2.42. The molecule has 0 radical (unpaired) electrons. The minimum Gasteiger partial charge on any atom is -0.444 e. The zero-order valence-corrected chi connectivity index (χ0v) is 20.5. The minimum atomic E-state index is -2.06. The third kappa shape index (κ3) is 7.91. The number of nitrogens with one attached hydrogen (secondary N) is 1. The number of nitrogens with zero attached hydrogens (tertiary/aromatic N) is 1. The Kier molecular flexibility index (Phi) is 8.08. The fraction of sp³-hybridized carbons (Fsp3) is 0.800. The van der Waals surface area contributed by atoms with E-state index >= 15 is 0 Å². The number of rotatable bonds is 7. The van der Waals surface area contributed by atoms with E-state index in [2.05, 4.69) is 58.0 Å². The average Bonchev–Trinajstić information content (AvgIpc) is 2.93. The van der Waals surface area contributed by atoms with Crippen molar-refractivity contribution < 1.29 is 14.0 Å². The number of ether oxygens (including phenoxy) is 1. The summed E-state index contributed by atoms with van der Waals surface area (Å²) in [5.74, 6) is 0.399. The first kappa shape index (κ1) is 24.1. The molecular formula is C20H38N2O3SSi. The topological polar surface area (TPSA) is 60.5 Å². The molecule has 0 saturated carbocycles. The van der Waals surface area contributed by atoms with E-state index in [1.54, 1.807) is 17.5 Å². The van der Waals surface area contributed by atoms with Gasteiger partial charge < -0.3 is 14.5 Å². The smallest absolute Gasteiger partial charge is 0.407 e. The van der Waals surface area contributed by atoms with Gasteiger partial charge in [-0.3, -0.25) is 0 Å². The van der Waals surface area contributed by atoms with Crippen LogP contribution in [0.1, 0.15) is 72.9 Å². The van der Waals surface area contributed by atoms with Crippen molar-refractivity contribution in [3.63, 3.8) is 0 Å². The van der Waals surface area contributed by atoms with Gasteiger partial charge in [-0.2, -0.15) is 0 Å². The molecule has 27 heavy (non-hydrogen) atoms. The Labute approximate surface area is 170 Å². The van der Waals surface area contributed by atoms with Crippen LogP contribution in [0.3, 0.4) is 0 Å². The molecule has 0 aromatic carbocycles. The number of carbonyl (C=O) groups is 1. The molecule has 0 spiro atoms. The highest BCUT2D eigenvalue weighted by molar-refractivity contribution is 7.09. The van der Waals surface area contributed by atoms with E-state index in [0.717, 1.165) is 11.4 Å². The van der Waals surface area contributed by atoms with E-state index in [4.69, 9.17) is 9.16 Å². The summed E-state index contributed by atoms with van der Waals surface area (Å²) in [6.45, 7) is 21.0. The normalized spacial score (nSPS) is 15.5. The second-order valence-electron chi connectivity index (χ2n) is 10.1. The monoisotopic (exact) mass is 414 g/mol.